The Morgan fingerprint density at radius 1 is 1.13 bits per heavy atom. The van der Waals surface area contributed by atoms with Crippen LogP contribution in [0.1, 0.15) is 64.4 Å². The number of carbonyl (C=O) groups excluding carboxylic acids is 1. The second-order valence-electron chi connectivity index (χ2n) is 9.82. The maximum Gasteiger partial charge on any atom is 0.410 e. The lowest BCUT2D eigenvalue weighted by Crippen LogP contribution is -2.42. The van der Waals surface area contributed by atoms with Gasteiger partial charge in [-0.3, -0.25) is 4.90 Å². The minimum atomic E-state index is -0.0927. The van der Waals surface area contributed by atoms with Crippen LogP contribution >= 0.6 is 11.6 Å². The average Bonchev–Trinajstić information content (AvgIpc) is 3.12. The van der Waals surface area contributed by atoms with Crippen LogP contribution in [0.4, 0.5) is 4.79 Å². The van der Waals surface area contributed by atoms with Gasteiger partial charge in [-0.15, -0.1) is 0 Å². The molecule has 1 aliphatic carbocycles. The quantitative estimate of drug-likeness (QED) is 0.549. The van der Waals surface area contributed by atoms with Crippen LogP contribution in [0.15, 0.2) is 18.2 Å². The molecule has 1 aromatic carbocycles. The van der Waals surface area contributed by atoms with Gasteiger partial charge in [-0.25, -0.2) is 4.79 Å². The minimum absolute atomic E-state index is 0.0188. The molecule has 4 rings (SSSR count). The Balaban J connectivity index is 1.24. The lowest BCUT2D eigenvalue weighted by Gasteiger charge is -2.33. The van der Waals surface area contributed by atoms with Crippen LogP contribution in [0.3, 0.4) is 0 Å². The number of carbonyl (C=O) groups is 1. The van der Waals surface area contributed by atoms with Crippen molar-refractivity contribution in [1.82, 2.24) is 9.80 Å². The summed E-state index contributed by atoms with van der Waals surface area (Å²) in [7, 11) is 0. The third-order valence-corrected chi connectivity index (χ3v) is 7.35. The first-order valence-electron chi connectivity index (χ1n) is 12.1. The number of hydrogen-bond donors (Lipinski definition) is 0. The van der Waals surface area contributed by atoms with E-state index in [9.17, 15) is 4.79 Å². The molecule has 1 saturated carbocycles. The van der Waals surface area contributed by atoms with Gasteiger partial charge in [0, 0.05) is 17.6 Å². The molecule has 172 valence electrons. The molecule has 2 heterocycles. The van der Waals surface area contributed by atoms with Crippen molar-refractivity contribution in [3.05, 3.63) is 28.8 Å². The summed E-state index contributed by atoms with van der Waals surface area (Å²) in [6.45, 7) is 7.83. The maximum absolute atomic E-state index is 12.4. The fourth-order valence-electron chi connectivity index (χ4n) is 5.35. The molecule has 0 N–H and O–H groups in total. The van der Waals surface area contributed by atoms with E-state index in [1.807, 2.05) is 30.9 Å². The van der Waals surface area contributed by atoms with Gasteiger partial charge in [0.05, 0.1) is 12.6 Å². The van der Waals surface area contributed by atoms with Gasteiger partial charge in [0.2, 0.25) is 0 Å². The van der Waals surface area contributed by atoms with E-state index in [-0.39, 0.29) is 18.3 Å². The summed E-state index contributed by atoms with van der Waals surface area (Å²) >= 11 is 6.47. The molecule has 0 bridgehead atoms. The van der Waals surface area contributed by atoms with E-state index in [4.69, 9.17) is 21.1 Å². The van der Waals surface area contributed by atoms with E-state index >= 15 is 0 Å². The number of likely N-dealkylation sites (tertiary alicyclic amines) is 1. The van der Waals surface area contributed by atoms with Crippen LogP contribution in [-0.4, -0.2) is 60.3 Å². The van der Waals surface area contributed by atoms with Gasteiger partial charge in [0.25, 0.3) is 0 Å². The molecule has 1 aromatic rings. The molecule has 1 amide bonds. The number of benzene rings is 1. The second-order valence-corrected chi connectivity index (χ2v) is 10.2. The van der Waals surface area contributed by atoms with Crippen LogP contribution < -0.4 is 4.74 Å². The third-order valence-electron chi connectivity index (χ3n) is 6.98. The Kier molecular flexibility index (Phi) is 7.65. The third kappa shape index (κ3) is 6.07. The molecular weight excluding hydrogens is 412 g/mol. The van der Waals surface area contributed by atoms with Crippen LogP contribution in [0.25, 0.3) is 0 Å². The summed E-state index contributed by atoms with van der Waals surface area (Å²) in [6.07, 6.45) is 9.45. The van der Waals surface area contributed by atoms with Gasteiger partial charge in [-0.1, -0.05) is 30.9 Å². The van der Waals surface area contributed by atoms with E-state index < -0.39 is 0 Å². The topological polar surface area (TPSA) is 42.0 Å². The van der Waals surface area contributed by atoms with Gasteiger partial charge < -0.3 is 14.4 Å². The van der Waals surface area contributed by atoms with Crippen molar-refractivity contribution < 1.29 is 14.3 Å². The number of amides is 1. The summed E-state index contributed by atoms with van der Waals surface area (Å²) < 4.78 is 11.6. The Bertz CT molecular complexity index is 742. The monoisotopic (exact) mass is 448 g/mol. The van der Waals surface area contributed by atoms with Crippen LogP contribution in [0.5, 0.6) is 5.75 Å². The highest BCUT2D eigenvalue weighted by Crippen LogP contribution is 2.30. The Morgan fingerprint density at radius 2 is 1.87 bits per heavy atom. The molecule has 3 fully saturated rings. The Labute approximate surface area is 192 Å². The van der Waals surface area contributed by atoms with E-state index in [1.54, 1.807) is 0 Å². The summed E-state index contributed by atoms with van der Waals surface area (Å²) in [6, 6.07) is 6.41. The van der Waals surface area contributed by atoms with Crippen molar-refractivity contribution in [2.24, 2.45) is 5.92 Å². The molecule has 31 heavy (non-hydrogen) atoms. The minimum Gasteiger partial charge on any atom is -0.491 e. The fraction of sp³-hybridized carbons (Fsp3) is 0.720. The first kappa shape index (κ1) is 22.7. The number of hydrogen-bond acceptors (Lipinski definition) is 4. The van der Waals surface area contributed by atoms with Crippen molar-refractivity contribution in [3.63, 3.8) is 0 Å². The highest BCUT2D eigenvalue weighted by Gasteiger charge is 2.37. The number of halogens is 1. The fourth-order valence-corrected chi connectivity index (χ4v) is 5.55. The van der Waals surface area contributed by atoms with Crippen LogP contribution in [0.2, 0.25) is 5.02 Å². The van der Waals surface area contributed by atoms with E-state index in [1.165, 1.54) is 24.8 Å². The highest BCUT2D eigenvalue weighted by molar-refractivity contribution is 6.31. The number of piperidine rings is 1. The zero-order valence-electron chi connectivity index (χ0n) is 19.0. The summed E-state index contributed by atoms with van der Waals surface area (Å²) in [4.78, 5) is 16.8. The number of nitrogens with zero attached hydrogens (tertiary/aromatic N) is 2. The van der Waals surface area contributed by atoms with Gasteiger partial charge in [-0.2, -0.15) is 0 Å². The summed E-state index contributed by atoms with van der Waals surface area (Å²) in [5.41, 5.74) is 1.19. The molecule has 3 aliphatic rings. The van der Waals surface area contributed by atoms with Crippen molar-refractivity contribution >= 4 is 17.7 Å². The lowest BCUT2D eigenvalue weighted by atomic mass is 9.90. The SMILES string of the molecule is CC(C)Oc1ccc(Cl)c(CC2CCN(CC3CN(C4CCCCC4)C(=O)O3)CC2)c1. The number of rotatable bonds is 7. The molecule has 2 saturated heterocycles. The molecule has 2 aliphatic heterocycles. The standard InChI is InChI=1S/C25H37ClN2O3/c1-18(2)30-22-8-9-24(26)20(15-22)14-19-10-12-27(13-11-19)16-23-17-28(25(29)31-23)21-6-4-3-5-7-21/h8-9,15,18-19,21,23H,3-7,10-14,16-17H2,1-2H3. The molecule has 0 aromatic heterocycles. The van der Waals surface area contributed by atoms with Gasteiger partial charge >= 0.3 is 6.09 Å². The largest absolute Gasteiger partial charge is 0.491 e. The molecule has 0 spiro atoms. The number of ether oxygens (including phenoxy) is 2. The molecule has 5 nitrogen and oxygen atoms in total. The zero-order valence-corrected chi connectivity index (χ0v) is 19.8. The van der Waals surface area contributed by atoms with Crippen molar-refractivity contribution in [3.8, 4) is 5.75 Å². The Morgan fingerprint density at radius 3 is 2.58 bits per heavy atom. The maximum atomic E-state index is 12.4. The predicted octanol–water partition coefficient (Wildman–Crippen LogP) is 5.54. The smallest absolute Gasteiger partial charge is 0.410 e. The van der Waals surface area contributed by atoms with E-state index in [0.717, 1.165) is 69.1 Å². The van der Waals surface area contributed by atoms with Gasteiger partial charge in [-0.05, 0) is 88.7 Å². The van der Waals surface area contributed by atoms with E-state index in [0.29, 0.717) is 12.0 Å². The molecule has 1 atom stereocenters. The first-order chi connectivity index (χ1) is 15.0. The summed E-state index contributed by atoms with van der Waals surface area (Å²) in [5, 5.41) is 0.833. The van der Waals surface area contributed by atoms with Crippen molar-refractivity contribution in [2.75, 3.05) is 26.2 Å². The average molecular weight is 449 g/mol. The zero-order chi connectivity index (χ0) is 21.8. The molecular formula is C25H37ClN2O3. The van der Waals surface area contributed by atoms with Crippen molar-refractivity contribution in [2.45, 2.75) is 83.5 Å². The highest BCUT2D eigenvalue weighted by atomic mass is 35.5. The summed E-state index contributed by atoms with van der Waals surface area (Å²) in [5.74, 6) is 1.53. The van der Waals surface area contributed by atoms with Crippen LogP contribution in [0, 0.1) is 5.92 Å². The molecule has 1 unspecified atom stereocenters. The van der Waals surface area contributed by atoms with Crippen molar-refractivity contribution in [1.29, 1.82) is 0 Å². The number of cyclic esters (lactones) is 1. The predicted molar refractivity (Wildman–Crippen MR) is 124 cm³/mol. The first-order valence-corrected chi connectivity index (χ1v) is 12.5. The van der Waals surface area contributed by atoms with Gasteiger partial charge in [0.1, 0.15) is 11.9 Å². The molecule has 0 radical (unpaired) electrons. The Hall–Kier alpha value is -1.46. The second kappa shape index (κ2) is 10.4. The van der Waals surface area contributed by atoms with E-state index in [2.05, 4.69) is 11.0 Å². The van der Waals surface area contributed by atoms with Crippen LogP contribution in [-0.2, 0) is 11.2 Å². The normalized spacial score (nSPS) is 24.1. The lowest BCUT2D eigenvalue weighted by molar-refractivity contribution is 0.0896. The van der Waals surface area contributed by atoms with Gasteiger partial charge in [0.15, 0.2) is 0 Å². The molecule has 6 heteroatoms.